The van der Waals surface area contributed by atoms with Crippen molar-refractivity contribution in [2.24, 2.45) is 11.7 Å². The molecule has 3 N–H and O–H groups in total. The Morgan fingerprint density at radius 1 is 1.41 bits per heavy atom. The smallest absolute Gasteiger partial charge is 0.387 e. The van der Waals surface area contributed by atoms with Gasteiger partial charge in [0.2, 0.25) is 0 Å². The highest BCUT2D eigenvalue weighted by Crippen LogP contribution is 2.29. The number of carbonyl (C=O) groups is 1. The number of halogens is 3. The van der Waals surface area contributed by atoms with E-state index in [4.69, 9.17) is 5.73 Å². The fraction of sp³-hybridized carbons (Fsp3) is 0.643. The topological polar surface area (TPSA) is 64.3 Å². The molecule has 1 aliphatic rings. The Morgan fingerprint density at radius 2 is 2.09 bits per heavy atom. The molecule has 1 amide bonds. The molecule has 4 nitrogen and oxygen atoms in total. The average molecular weight is 355 g/mol. The number of alkyl halides is 2. The molecule has 126 valence electrons. The summed E-state index contributed by atoms with van der Waals surface area (Å²) in [4.78, 5) is 12.4. The Kier molecular flexibility index (Phi) is 8.06. The lowest BCUT2D eigenvalue weighted by Crippen LogP contribution is -2.45. The van der Waals surface area contributed by atoms with E-state index in [9.17, 15) is 13.6 Å². The third kappa shape index (κ3) is 5.07. The number of nitrogens with one attached hydrogen (secondary N) is 1. The van der Waals surface area contributed by atoms with Gasteiger partial charge in [-0.2, -0.15) is 8.78 Å². The van der Waals surface area contributed by atoms with E-state index in [1.807, 2.05) is 0 Å². The zero-order chi connectivity index (χ0) is 15.2. The summed E-state index contributed by atoms with van der Waals surface area (Å²) in [6.07, 6.45) is 5.62. The fourth-order valence-corrected chi connectivity index (χ4v) is 3.52. The van der Waals surface area contributed by atoms with Crippen LogP contribution in [0.4, 0.5) is 8.78 Å². The predicted octanol–water partition coefficient (Wildman–Crippen LogP) is 3.41. The number of hydrogen-bond donors (Lipinski definition) is 2. The van der Waals surface area contributed by atoms with Crippen LogP contribution in [0.15, 0.2) is 11.4 Å². The van der Waals surface area contributed by atoms with Crippen LogP contribution in [0.2, 0.25) is 0 Å². The van der Waals surface area contributed by atoms with Crippen molar-refractivity contribution in [1.82, 2.24) is 5.32 Å². The van der Waals surface area contributed by atoms with E-state index in [2.05, 4.69) is 10.1 Å². The van der Waals surface area contributed by atoms with Crippen LogP contribution < -0.4 is 15.8 Å². The molecule has 1 saturated carbocycles. The number of thiophene rings is 1. The molecule has 0 aromatic carbocycles. The van der Waals surface area contributed by atoms with Gasteiger partial charge < -0.3 is 15.8 Å². The number of rotatable bonds is 6. The van der Waals surface area contributed by atoms with Crippen molar-refractivity contribution in [3.05, 3.63) is 16.3 Å². The van der Waals surface area contributed by atoms with Crippen LogP contribution in [0, 0.1) is 5.92 Å². The van der Waals surface area contributed by atoms with E-state index in [0.29, 0.717) is 12.5 Å². The van der Waals surface area contributed by atoms with Gasteiger partial charge in [0.1, 0.15) is 10.6 Å². The molecular weight excluding hydrogens is 334 g/mol. The molecule has 1 aromatic rings. The molecule has 0 radical (unpaired) electrons. The second kappa shape index (κ2) is 9.27. The lowest BCUT2D eigenvalue weighted by atomic mass is 9.84. The SMILES string of the molecule is Cl.NCC(NC(=O)c1sccc1OC(F)F)C1CCCCC1. The molecule has 0 aliphatic heterocycles. The quantitative estimate of drug-likeness (QED) is 0.822. The first-order valence-electron chi connectivity index (χ1n) is 7.15. The van der Waals surface area contributed by atoms with Crippen molar-refractivity contribution >= 4 is 29.7 Å². The monoisotopic (exact) mass is 354 g/mol. The van der Waals surface area contributed by atoms with Crippen LogP contribution in [-0.2, 0) is 0 Å². The largest absolute Gasteiger partial charge is 0.433 e. The van der Waals surface area contributed by atoms with Crippen LogP contribution in [0.25, 0.3) is 0 Å². The summed E-state index contributed by atoms with van der Waals surface area (Å²) in [6, 6.07) is 1.27. The van der Waals surface area contributed by atoms with Crippen LogP contribution >= 0.6 is 23.7 Å². The van der Waals surface area contributed by atoms with E-state index < -0.39 is 6.61 Å². The van der Waals surface area contributed by atoms with E-state index in [0.717, 1.165) is 37.0 Å². The first-order valence-corrected chi connectivity index (χ1v) is 8.03. The molecule has 0 bridgehead atoms. The van der Waals surface area contributed by atoms with Gasteiger partial charge in [-0.15, -0.1) is 23.7 Å². The maximum Gasteiger partial charge on any atom is 0.387 e. The van der Waals surface area contributed by atoms with Gasteiger partial charge >= 0.3 is 6.61 Å². The average Bonchev–Trinajstić information content (AvgIpc) is 2.93. The van der Waals surface area contributed by atoms with Crippen molar-refractivity contribution in [1.29, 1.82) is 0 Å². The zero-order valence-corrected chi connectivity index (χ0v) is 13.7. The molecule has 22 heavy (non-hydrogen) atoms. The fourth-order valence-electron chi connectivity index (χ4n) is 2.79. The van der Waals surface area contributed by atoms with Gasteiger partial charge in [0.05, 0.1) is 0 Å². The number of ether oxygens (including phenoxy) is 1. The number of amides is 1. The van der Waals surface area contributed by atoms with Gasteiger partial charge in [-0.05, 0) is 30.2 Å². The molecule has 1 aliphatic carbocycles. The van der Waals surface area contributed by atoms with E-state index in [1.54, 1.807) is 5.38 Å². The number of carbonyl (C=O) groups excluding carboxylic acids is 1. The van der Waals surface area contributed by atoms with Crippen molar-refractivity contribution in [3.8, 4) is 5.75 Å². The lowest BCUT2D eigenvalue weighted by molar-refractivity contribution is -0.0498. The summed E-state index contributed by atoms with van der Waals surface area (Å²) in [7, 11) is 0. The summed E-state index contributed by atoms with van der Waals surface area (Å²) < 4.78 is 28.9. The van der Waals surface area contributed by atoms with Crippen molar-refractivity contribution in [2.45, 2.75) is 44.8 Å². The highest BCUT2D eigenvalue weighted by molar-refractivity contribution is 7.12. The summed E-state index contributed by atoms with van der Waals surface area (Å²) in [5.41, 5.74) is 5.76. The molecule has 1 unspecified atom stereocenters. The Hall–Kier alpha value is -0.920. The zero-order valence-electron chi connectivity index (χ0n) is 12.1. The Balaban J connectivity index is 0.00000242. The Labute approximate surface area is 138 Å². The van der Waals surface area contributed by atoms with Gasteiger partial charge in [0, 0.05) is 12.6 Å². The summed E-state index contributed by atoms with van der Waals surface area (Å²) in [5, 5.41) is 4.43. The molecule has 2 rings (SSSR count). The minimum absolute atomic E-state index is 0. The number of hydrogen-bond acceptors (Lipinski definition) is 4. The molecule has 0 saturated heterocycles. The Morgan fingerprint density at radius 3 is 2.68 bits per heavy atom. The summed E-state index contributed by atoms with van der Waals surface area (Å²) in [6.45, 7) is -2.58. The summed E-state index contributed by atoms with van der Waals surface area (Å²) in [5.74, 6) is -0.0966. The van der Waals surface area contributed by atoms with Gasteiger partial charge in [0.15, 0.2) is 0 Å². The van der Waals surface area contributed by atoms with Crippen LogP contribution in [0.1, 0.15) is 41.8 Å². The predicted molar refractivity (Wildman–Crippen MR) is 85.1 cm³/mol. The van der Waals surface area contributed by atoms with Crippen LogP contribution in [0.3, 0.4) is 0 Å². The van der Waals surface area contributed by atoms with Gasteiger partial charge in [-0.3, -0.25) is 4.79 Å². The normalized spacial score (nSPS) is 16.9. The van der Waals surface area contributed by atoms with Crippen molar-refractivity contribution < 1.29 is 18.3 Å². The first kappa shape index (κ1) is 19.1. The first-order chi connectivity index (χ1) is 10.1. The molecule has 1 aromatic heterocycles. The maximum absolute atomic E-state index is 12.3. The standard InChI is InChI=1S/C14H20F2N2O2S.ClH/c15-14(16)20-11-6-7-21-12(11)13(19)18-10(8-17)9-4-2-1-3-5-9;/h6-7,9-10,14H,1-5,8,17H2,(H,18,19);1H. The minimum Gasteiger partial charge on any atom is -0.433 e. The molecule has 1 fully saturated rings. The van der Waals surface area contributed by atoms with Crippen LogP contribution in [-0.4, -0.2) is 25.1 Å². The van der Waals surface area contributed by atoms with E-state index in [-0.39, 0.29) is 35.0 Å². The molecule has 1 heterocycles. The molecule has 0 spiro atoms. The second-order valence-corrected chi connectivity index (χ2v) is 6.12. The Bertz CT molecular complexity index is 467. The molecule has 1 atom stereocenters. The van der Waals surface area contributed by atoms with E-state index >= 15 is 0 Å². The number of nitrogens with two attached hydrogens (primary N) is 1. The molecular formula is C14H21ClF2N2O2S. The summed E-state index contributed by atoms with van der Waals surface area (Å²) >= 11 is 1.09. The maximum atomic E-state index is 12.3. The lowest BCUT2D eigenvalue weighted by Gasteiger charge is -2.30. The third-order valence-corrected chi connectivity index (χ3v) is 4.74. The highest BCUT2D eigenvalue weighted by atomic mass is 35.5. The van der Waals surface area contributed by atoms with Gasteiger partial charge in [-0.1, -0.05) is 19.3 Å². The van der Waals surface area contributed by atoms with Crippen LogP contribution in [0.5, 0.6) is 5.75 Å². The van der Waals surface area contributed by atoms with Crippen molar-refractivity contribution in [3.63, 3.8) is 0 Å². The highest BCUT2D eigenvalue weighted by Gasteiger charge is 2.26. The molecule has 8 heteroatoms. The minimum atomic E-state index is -2.94. The van der Waals surface area contributed by atoms with E-state index in [1.165, 1.54) is 12.5 Å². The third-order valence-electron chi connectivity index (χ3n) is 3.84. The second-order valence-electron chi connectivity index (χ2n) is 5.21. The van der Waals surface area contributed by atoms with Gasteiger partial charge in [-0.25, -0.2) is 0 Å². The van der Waals surface area contributed by atoms with Crippen molar-refractivity contribution in [2.75, 3.05) is 6.54 Å². The van der Waals surface area contributed by atoms with Gasteiger partial charge in [0.25, 0.3) is 5.91 Å².